The first-order valence-corrected chi connectivity index (χ1v) is 3.40. The van der Waals surface area contributed by atoms with Gasteiger partial charge in [0.2, 0.25) is 0 Å². The number of hydrogen-bond donors (Lipinski definition) is 1. The number of primary amides is 1. The van der Waals surface area contributed by atoms with Gasteiger partial charge in [0, 0.05) is 12.3 Å². The third-order valence-electron chi connectivity index (χ3n) is 1.22. The monoisotopic (exact) mass is 206 g/mol. The molecule has 0 aliphatic rings. The molecule has 1 heterocycles. The molecular weight excluding hydrogens is 201 g/mol. The largest absolute Gasteiger partial charge is 0.573 e. The minimum Gasteiger partial charge on any atom is -0.406 e. The molecule has 2 N–H and O–H groups in total. The van der Waals surface area contributed by atoms with Gasteiger partial charge in [-0.15, -0.1) is 13.2 Å². The molecule has 0 aromatic carbocycles. The average Bonchev–Trinajstić information content (AvgIpc) is 2.01. The number of rotatable bonds is 2. The van der Waals surface area contributed by atoms with Crippen molar-refractivity contribution in [2.24, 2.45) is 5.73 Å². The minimum absolute atomic E-state index is 0.285. The summed E-state index contributed by atoms with van der Waals surface area (Å²) in [4.78, 5) is 14.0. The summed E-state index contributed by atoms with van der Waals surface area (Å²) in [5.41, 5.74) is 4.52. The van der Waals surface area contributed by atoms with E-state index >= 15 is 0 Å². The van der Waals surface area contributed by atoms with Crippen molar-refractivity contribution in [1.29, 1.82) is 0 Å². The zero-order chi connectivity index (χ0) is 10.8. The number of carbonyl (C=O) groups is 1. The Kier molecular flexibility index (Phi) is 2.59. The van der Waals surface area contributed by atoms with Crippen LogP contribution in [0.5, 0.6) is 5.75 Å². The molecule has 0 bridgehead atoms. The van der Waals surface area contributed by atoms with Crippen LogP contribution in [-0.4, -0.2) is 17.3 Å². The Morgan fingerprint density at radius 3 is 2.64 bits per heavy atom. The van der Waals surface area contributed by atoms with Gasteiger partial charge in [0.25, 0.3) is 5.91 Å². The zero-order valence-electron chi connectivity index (χ0n) is 6.71. The van der Waals surface area contributed by atoms with Gasteiger partial charge < -0.3 is 10.5 Å². The number of amides is 1. The van der Waals surface area contributed by atoms with Crippen molar-refractivity contribution in [3.8, 4) is 5.75 Å². The maximum Gasteiger partial charge on any atom is 0.573 e. The van der Waals surface area contributed by atoms with Crippen LogP contribution in [0.4, 0.5) is 13.2 Å². The zero-order valence-corrected chi connectivity index (χ0v) is 6.71. The highest BCUT2D eigenvalue weighted by Crippen LogP contribution is 2.22. The third-order valence-corrected chi connectivity index (χ3v) is 1.22. The number of nitrogens with two attached hydrogens (primary N) is 1. The fourth-order valence-electron chi connectivity index (χ4n) is 0.743. The number of carbonyl (C=O) groups excluding carboxylic acids is 1. The van der Waals surface area contributed by atoms with E-state index in [1.807, 2.05) is 0 Å². The van der Waals surface area contributed by atoms with Gasteiger partial charge in [-0.05, 0) is 6.07 Å². The molecule has 0 atom stereocenters. The Bertz CT molecular complexity index is 351. The standard InChI is InChI=1S/C7H5F3N2O2/c8-7(9,10)14-4-1-2-12-5(3-4)6(11)13/h1-3H,(H2,11,13). The lowest BCUT2D eigenvalue weighted by atomic mass is 10.3. The van der Waals surface area contributed by atoms with E-state index in [9.17, 15) is 18.0 Å². The third kappa shape index (κ3) is 2.92. The lowest BCUT2D eigenvalue weighted by Gasteiger charge is -2.08. The molecule has 0 radical (unpaired) electrons. The number of aromatic nitrogens is 1. The average molecular weight is 206 g/mol. The van der Waals surface area contributed by atoms with Crippen molar-refractivity contribution in [3.63, 3.8) is 0 Å². The molecule has 4 nitrogen and oxygen atoms in total. The van der Waals surface area contributed by atoms with Gasteiger partial charge in [0.05, 0.1) is 0 Å². The highest BCUT2D eigenvalue weighted by atomic mass is 19.4. The summed E-state index contributed by atoms with van der Waals surface area (Å²) >= 11 is 0. The molecule has 0 saturated heterocycles. The summed E-state index contributed by atoms with van der Waals surface area (Å²) < 4.78 is 38.7. The van der Waals surface area contributed by atoms with E-state index in [4.69, 9.17) is 5.73 Å². The Morgan fingerprint density at radius 2 is 2.14 bits per heavy atom. The van der Waals surface area contributed by atoms with Gasteiger partial charge in [-0.2, -0.15) is 0 Å². The quantitative estimate of drug-likeness (QED) is 0.787. The second-order valence-electron chi connectivity index (χ2n) is 2.29. The number of alkyl halides is 3. The van der Waals surface area contributed by atoms with Crippen LogP contribution in [-0.2, 0) is 0 Å². The van der Waals surface area contributed by atoms with Crippen molar-refractivity contribution >= 4 is 5.91 Å². The molecule has 1 aromatic rings. The van der Waals surface area contributed by atoms with E-state index in [0.717, 1.165) is 18.3 Å². The van der Waals surface area contributed by atoms with Crippen LogP contribution in [0, 0.1) is 0 Å². The second-order valence-corrected chi connectivity index (χ2v) is 2.29. The first-order valence-electron chi connectivity index (χ1n) is 3.40. The number of hydrogen-bond acceptors (Lipinski definition) is 3. The number of halogens is 3. The normalized spacial score (nSPS) is 11.1. The summed E-state index contributed by atoms with van der Waals surface area (Å²) in [7, 11) is 0. The van der Waals surface area contributed by atoms with Gasteiger partial charge in [0.1, 0.15) is 11.4 Å². The van der Waals surface area contributed by atoms with E-state index in [-0.39, 0.29) is 5.69 Å². The van der Waals surface area contributed by atoms with Crippen LogP contribution in [0.25, 0.3) is 0 Å². The van der Waals surface area contributed by atoms with Crippen molar-refractivity contribution < 1.29 is 22.7 Å². The molecule has 1 rings (SSSR count). The molecule has 0 aliphatic carbocycles. The Labute approximate surface area is 76.5 Å². The maximum absolute atomic E-state index is 11.7. The lowest BCUT2D eigenvalue weighted by Crippen LogP contribution is -2.18. The first kappa shape index (κ1) is 10.3. The van der Waals surface area contributed by atoms with Crippen molar-refractivity contribution in [1.82, 2.24) is 4.98 Å². The molecular formula is C7H5F3N2O2. The Morgan fingerprint density at radius 1 is 1.50 bits per heavy atom. The Hall–Kier alpha value is -1.79. The van der Waals surface area contributed by atoms with Crippen LogP contribution in [0.3, 0.4) is 0 Å². The molecule has 1 aromatic heterocycles. The predicted octanol–water partition coefficient (Wildman–Crippen LogP) is 1.08. The molecule has 14 heavy (non-hydrogen) atoms. The van der Waals surface area contributed by atoms with Crippen LogP contribution >= 0.6 is 0 Å². The molecule has 76 valence electrons. The molecule has 0 fully saturated rings. The van der Waals surface area contributed by atoms with E-state index < -0.39 is 18.0 Å². The topological polar surface area (TPSA) is 65.2 Å². The molecule has 0 saturated carbocycles. The van der Waals surface area contributed by atoms with Gasteiger partial charge in [-0.25, -0.2) is 0 Å². The van der Waals surface area contributed by atoms with Gasteiger partial charge in [0.15, 0.2) is 0 Å². The minimum atomic E-state index is -4.80. The van der Waals surface area contributed by atoms with E-state index in [1.54, 1.807) is 0 Å². The summed E-state index contributed by atoms with van der Waals surface area (Å²) in [6.07, 6.45) is -3.79. The lowest BCUT2D eigenvalue weighted by molar-refractivity contribution is -0.274. The molecule has 1 amide bonds. The summed E-state index contributed by atoms with van der Waals surface area (Å²) in [5.74, 6) is -1.45. The fraction of sp³-hybridized carbons (Fsp3) is 0.143. The highest BCUT2D eigenvalue weighted by Gasteiger charge is 2.31. The molecule has 0 aliphatic heterocycles. The van der Waals surface area contributed by atoms with E-state index in [1.165, 1.54) is 0 Å². The van der Waals surface area contributed by atoms with Crippen molar-refractivity contribution in [3.05, 3.63) is 24.0 Å². The SMILES string of the molecule is NC(=O)c1cc(OC(F)(F)F)ccn1. The highest BCUT2D eigenvalue weighted by molar-refractivity contribution is 5.91. The van der Waals surface area contributed by atoms with Crippen LogP contribution < -0.4 is 10.5 Å². The Balaban J connectivity index is 2.89. The summed E-state index contributed by atoms with van der Waals surface area (Å²) in [6, 6.07) is 1.79. The van der Waals surface area contributed by atoms with Gasteiger partial charge in [-0.3, -0.25) is 9.78 Å². The molecule has 7 heteroatoms. The maximum atomic E-state index is 11.7. The van der Waals surface area contributed by atoms with Gasteiger partial charge in [-0.1, -0.05) is 0 Å². The van der Waals surface area contributed by atoms with Crippen molar-refractivity contribution in [2.75, 3.05) is 0 Å². The summed E-state index contributed by atoms with van der Waals surface area (Å²) in [5, 5.41) is 0. The van der Waals surface area contributed by atoms with E-state index in [0.29, 0.717) is 0 Å². The number of nitrogens with zero attached hydrogens (tertiary/aromatic N) is 1. The van der Waals surface area contributed by atoms with Crippen LogP contribution in [0.15, 0.2) is 18.3 Å². The van der Waals surface area contributed by atoms with Crippen LogP contribution in [0.1, 0.15) is 10.5 Å². The second kappa shape index (κ2) is 3.52. The fourth-order valence-corrected chi connectivity index (χ4v) is 0.743. The predicted molar refractivity (Wildman–Crippen MR) is 39.4 cm³/mol. The number of pyridine rings is 1. The molecule has 0 spiro atoms. The van der Waals surface area contributed by atoms with Gasteiger partial charge >= 0.3 is 6.36 Å². The summed E-state index contributed by atoms with van der Waals surface area (Å²) in [6.45, 7) is 0. The smallest absolute Gasteiger partial charge is 0.406 e. The van der Waals surface area contributed by atoms with E-state index in [2.05, 4.69) is 9.72 Å². The van der Waals surface area contributed by atoms with Crippen LogP contribution in [0.2, 0.25) is 0 Å². The van der Waals surface area contributed by atoms with Crippen molar-refractivity contribution in [2.45, 2.75) is 6.36 Å². The first-order chi connectivity index (χ1) is 6.38. The molecule has 0 unspecified atom stereocenters. The number of ether oxygens (including phenoxy) is 1.